The zero-order chi connectivity index (χ0) is 16.4. The quantitative estimate of drug-likeness (QED) is 0.854. The van der Waals surface area contributed by atoms with Gasteiger partial charge in [0.25, 0.3) is 0 Å². The number of ether oxygens (including phenoxy) is 2. The van der Waals surface area contributed by atoms with E-state index in [-0.39, 0.29) is 18.4 Å². The van der Waals surface area contributed by atoms with Crippen molar-refractivity contribution in [2.45, 2.75) is 32.0 Å². The molecule has 0 saturated heterocycles. The lowest BCUT2D eigenvalue weighted by Gasteiger charge is -2.20. The highest BCUT2D eigenvalue weighted by Gasteiger charge is 2.18. The summed E-state index contributed by atoms with van der Waals surface area (Å²) in [4.78, 5) is 0. The molecule has 5 heteroatoms. The van der Waals surface area contributed by atoms with Crippen LogP contribution in [0.5, 0.6) is 5.75 Å². The molecule has 0 bridgehead atoms. The Balaban J connectivity index is 1.80. The molecule has 0 unspecified atom stereocenters. The molecule has 1 aliphatic heterocycles. The molecule has 0 aliphatic carbocycles. The van der Waals surface area contributed by atoms with Gasteiger partial charge < -0.3 is 9.47 Å². The number of aryl methyl sites for hydroxylation is 2. The minimum absolute atomic E-state index is 0.148. The van der Waals surface area contributed by atoms with Crippen LogP contribution in [0.2, 0.25) is 0 Å². The topological polar surface area (TPSA) is 35.5 Å². The highest BCUT2D eigenvalue weighted by atomic mass is 32.2. The predicted octanol–water partition coefficient (Wildman–Crippen LogP) is 3.76. The van der Waals surface area contributed by atoms with E-state index in [4.69, 9.17) is 9.47 Å². The van der Waals surface area contributed by atoms with Crippen LogP contribution < -0.4 is 4.74 Å². The van der Waals surface area contributed by atoms with Crippen LogP contribution in [0.15, 0.2) is 30.3 Å². The van der Waals surface area contributed by atoms with Crippen molar-refractivity contribution >= 4 is 10.8 Å². The van der Waals surface area contributed by atoms with Crippen molar-refractivity contribution in [2.75, 3.05) is 6.79 Å². The van der Waals surface area contributed by atoms with E-state index in [1.807, 2.05) is 26.0 Å². The third-order valence-corrected chi connectivity index (χ3v) is 5.16. The van der Waals surface area contributed by atoms with Crippen LogP contribution in [0, 0.1) is 19.7 Å². The fourth-order valence-corrected chi connectivity index (χ4v) is 4.04. The molecule has 0 fully saturated rings. The first kappa shape index (κ1) is 16.1. The first-order chi connectivity index (χ1) is 11.0. The SMILES string of the molecule is Cc1ccc(C)c(C[S@](=O)Cc2cc(F)cc3c2OCOC3)c1. The van der Waals surface area contributed by atoms with Gasteiger partial charge in [0, 0.05) is 27.7 Å². The predicted molar refractivity (Wildman–Crippen MR) is 88.2 cm³/mol. The van der Waals surface area contributed by atoms with Crippen LogP contribution in [0.3, 0.4) is 0 Å². The number of halogens is 1. The van der Waals surface area contributed by atoms with E-state index in [1.165, 1.54) is 12.1 Å². The van der Waals surface area contributed by atoms with Crippen molar-refractivity contribution in [3.63, 3.8) is 0 Å². The van der Waals surface area contributed by atoms with Gasteiger partial charge in [-0.2, -0.15) is 0 Å². The Hall–Kier alpha value is -1.72. The van der Waals surface area contributed by atoms with Crippen molar-refractivity contribution in [3.8, 4) is 5.75 Å². The molecule has 0 amide bonds. The Morgan fingerprint density at radius 2 is 1.91 bits per heavy atom. The van der Waals surface area contributed by atoms with Crippen molar-refractivity contribution in [2.24, 2.45) is 0 Å². The summed E-state index contributed by atoms with van der Waals surface area (Å²) in [6.07, 6.45) is 0. The summed E-state index contributed by atoms with van der Waals surface area (Å²) in [5.41, 5.74) is 4.65. The maximum absolute atomic E-state index is 13.7. The fraction of sp³-hybridized carbons (Fsp3) is 0.333. The highest BCUT2D eigenvalue weighted by molar-refractivity contribution is 7.83. The maximum atomic E-state index is 13.7. The van der Waals surface area contributed by atoms with Gasteiger partial charge in [0.15, 0.2) is 6.79 Å². The third-order valence-electron chi connectivity index (χ3n) is 3.89. The standard InChI is InChI=1S/C18H19FO3S/c1-12-3-4-13(2)15(5-12)9-23(20)10-16-7-17(19)6-14-8-21-11-22-18(14)16/h3-7H,8-11H2,1-2H3/t23-/m0/s1. The molecule has 23 heavy (non-hydrogen) atoms. The summed E-state index contributed by atoms with van der Waals surface area (Å²) in [5, 5.41) is 0. The zero-order valence-corrected chi connectivity index (χ0v) is 14.0. The van der Waals surface area contributed by atoms with Gasteiger partial charge in [-0.25, -0.2) is 4.39 Å². The fourth-order valence-electron chi connectivity index (χ4n) is 2.72. The van der Waals surface area contributed by atoms with Crippen molar-refractivity contribution in [1.29, 1.82) is 0 Å². The second kappa shape index (κ2) is 6.81. The third kappa shape index (κ3) is 3.79. The van der Waals surface area contributed by atoms with Gasteiger partial charge in [0.1, 0.15) is 11.6 Å². The second-order valence-corrected chi connectivity index (χ2v) is 7.28. The van der Waals surface area contributed by atoms with Gasteiger partial charge in [-0.3, -0.25) is 4.21 Å². The molecule has 2 aromatic rings. The minimum Gasteiger partial charge on any atom is -0.467 e. The summed E-state index contributed by atoms with van der Waals surface area (Å²) in [5.74, 6) is 0.992. The average Bonchev–Trinajstić information content (AvgIpc) is 2.50. The molecule has 2 aromatic carbocycles. The molecule has 3 nitrogen and oxygen atoms in total. The summed E-state index contributed by atoms with van der Waals surface area (Å²) in [7, 11) is -1.13. The molecule has 1 atom stereocenters. The van der Waals surface area contributed by atoms with Crippen LogP contribution in [0.4, 0.5) is 4.39 Å². The molecule has 1 heterocycles. The van der Waals surface area contributed by atoms with Gasteiger partial charge in [-0.15, -0.1) is 0 Å². The second-order valence-electron chi connectivity index (χ2n) is 5.82. The molecular weight excluding hydrogens is 315 g/mol. The monoisotopic (exact) mass is 334 g/mol. The summed E-state index contributed by atoms with van der Waals surface area (Å²) in [6, 6.07) is 8.94. The first-order valence-electron chi connectivity index (χ1n) is 7.46. The van der Waals surface area contributed by atoms with Crippen LogP contribution in [-0.4, -0.2) is 11.0 Å². The molecule has 0 radical (unpaired) electrons. The van der Waals surface area contributed by atoms with Crippen molar-refractivity contribution < 1.29 is 18.1 Å². The van der Waals surface area contributed by atoms with Crippen LogP contribution in [0.1, 0.15) is 27.8 Å². The Labute approximate surface area is 137 Å². The Kier molecular flexibility index (Phi) is 4.78. The molecule has 1 aliphatic rings. The number of fused-ring (bicyclic) bond motifs is 1. The lowest BCUT2D eigenvalue weighted by Crippen LogP contribution is -2.14. The van der Waals surface area contributed by atoms with E-state index in [9.17, 15) is 8.60 Å². The zero-order valence-electron chi connectivity index (χ0n) is 13.2. The Morgan fingerprint density at radius 3 is 2.74 bits per heavy atom. The summed E-state index contributed by atoms with van der Waals surface area (Å²) >= 11 is 0. The van der Waals surface area contributed by atoms with E-state index in [2.05, 4.69) is 6.07 Å². The molecule has 122 valence electrons. The van der Waals surface area contributed by atoms with Gasteiger partial charge in [0.05, 0.1) is 12.4 Å². The lowest BCUT2D eigenvalue weighted by molar-refractivity contribution is -0.0171. The van der Waals surface area contributed by atoms with E-state index >= 15 is 0 Å². The van der Waals surface area contributed by atoms with Crippen LogP contribution in [-0.2, 0) is 33.6 Å². The van der Waals surface area contributed by atoms with Gasteiger partial charge in [0.2, 0.25) is 0 Å². The van der Waals surface area contributed by atoms with E-state index < -0.39 is 10.8 Å². The Morgan fingerprint density at radius 1 is 1.13 bits per heavy atom. The number of hydrogen-bond donors (Lipinski definition) is 0. The number of hydrogen-bond acceptors (Lipinski definition) is 3. The molecule has 0 saturated carbocycles. The van der Waals surface area contributed by atoms with Crippen LogP contribution >= 0.6 is 0 Å². The largest absolute Gasteiger partial charge is 0.467 e. The summed E-state index contributed by atoms with van der Waals surface area (Å²) in [6.45, 7) is 4.50. The number of rotatable bonds is 4. The lowest BCUT2D eigenvalue weighted by atomic mass is 10.1. The minimum atomic E-state index is -1.13. The van der Waals surface area contributed by atoms with Crippen molar-refractivity contribution in [1.82, 2.24) is 0 Å². The first-order valence-corrected chi connectivity index (χ1v) is 8.94. The maximum Gasteiger partial charge on any atom is 0.189 e. The molecule has 0 aromatic heterocycles. The van der Waals surface area contributed by atoms with E-state index in [0.717, 1.165) is 16.7 Å². The molecule has 0 N–H and O–H groups in total. The van der Waals surface area contributed by atoms with Gasteiger partial charge in [-0.05, 0) is 37.1 Å². The number of benzene rings is 2. The van der Waals surface area contributed by atoms with E-state index in [0.29, 0.717) is 29.2 Å². The average molecular weight is 334 g/mol. The van der Waals surface area contributed by atoms with Crippen LogP contribution in [0.25, 0.3) is 0 Å². The van der Waals surface area contributed by atoms with Gasteiger partial charge in [-0.1, -0.05) is 23.8 Å². The molecule has 3 rings (SSSR count). The smallest absolute Gasteiger partial charge is 0.189 e. The normalized spacial score (nSPS) is 14.9. The Bertz CT molecular complexity index is 758. The van der Waals surface area contributed by atoms with Gasteiger partial charge >= 0.3 is 0 Å². The highest BCUT2D eigenvalue weighted by Crippen LogP contribution is 2.30. The molecule has 0 spiro atoms. The summed E-state index contributed by atoms with van der Waals surface area (Å²) < 4.78 is 36.9. The van der Waals surface area contributed by atoms with E-state index in [1.54, 1.807) is 0 Å². The molecular formula is C18H19FO3S. The van der Waals surface area contributed by atoms with Crippen molar-refractivity contribution in [3.05, 3.63) is 64.0 Å².